The summed E-state index contributed by atoms with van der Waals surface area (Å²) in [5, 5.41) is 5.77. The molecular formula is C14H15ClN2O3S. The number of primary sulfonamides is 1. The lowest BCUT2D eigenvalue weighted by Gasteiger charge is -2.13. The van der Waals surface area contributed by atoms with Gasteiger partial charge in [-0.3, -0.25) is 0 Å². The maximum Gasteiger partial charge on any atom is 0.240 e. The summed E-state index contributed by atoms with van der Waals surface area (Å²) in [4.78, 5) is -0.164. The normalized spacial score (nSPS) is 11.4. The third kappa shape index (κ3) is 3.29. The molecule has 0 bridgehead atoms. The summed E-state index contributed by atoms with van der Waals surface area (Å²) in [7, 11) is -3.90. The number of para-hydroxylation sites is 1. The van der Waals surface area contributed by atoms with Crippen LogP contribution in [-0.4, -0.2) is 8.42 Å². The number of aryl methyl sites for hydroxylation is 2. The summed E-state index contributed by atoms with van der Waals surface area (Å²) in [5.41, 5.74) is 7.50. The van der Waals surface area contributed by atoms with Crippen LogP contribution in [0.5, 0.6) is 11.5 Å². The van der Waals surface area contributed by atoms with Crippen LogP contribution < -0.4 is 15.6 Å². The zero-order chi connectivity index (χ0) is 15.8. The number of sulfonamides is 1. The molecule has 0 aliphatic rings. The second-order valence-electron chi connectivity index (χ2n) is 4.69. The highest BCUT2D eigenvalue weighted by Crippen LogP contribution is 2.34. The number of benzene rings is 2. The quantitative estimate of drug-likeness (QED) is 0.847. The molecule has 0 radical (unpaired) electrons. The summed E-state index contributed by atoms with van der Waals surface area (Å²) in [6.07, 6.45) is 0. The maximum absolute atomic E-state index is 11.4. The van der Waals surface area contributed by atoms with Crippen LogP contribution in [0.4, 0.5) is 5.69 Å². The highest BCUT2D eigenvalue weighted by Gasteiger charge is 2.16. The fraction of sp³-hybridized carbons (Fsp3) is 0.143. The van der Waals surface area contributed by atoms with Crippen molar-refractivity contribution in [3.63, 3.8) is 0 Å². The average molecular weight is 327 g/mol. The van der Waals surface area contributed by atoms with E-state index < -0.39 is 10.0 Å². The molecule has 2 rings (SSSR count). The second kappa shape index (κ2) is 5.55. The van der Waals surface area contributed by atoms with Crippen molar-refractivity contribution in [1.29, 1.82) is 0 Å². The first kappa shape index (κ1) is 15.6. The first-order chi connectivity index (χ1) is 9.70. The molecule has 0 aliphatic heterocycles. The van der Waals surface area contributed by atoms with Crippen molar-refractivity contribution in [2.75, 3.05) is 5.73 Å². The molecule has 2 aromatic rings. The Hall–Kier alpha value is -1.76. The van der Waals surface area contributed by atoms with Crippen LogP contribution in [0.25, 0.3) is 0 Å². The Labute approximate surface area is 128 Å². The van der Waals surface area contributed by atoms with Crippen LogP contribution in [-0.2, 0) is 10.0 Å². The van der Waals surface area contributed by atoms with Gasteiger partial charge < -0.3 is 10.5 Å². The van der Waals surface area contributed by atoms with Crippen molar-refractivity contribution >= 4 is 27.3 Å². The van der Waals surface area contributed by atoms with Crippen LogP contribution in [0.1, 0.15) is 11.1 Å². The van der Waals surface area contributed by atoms with Crippen LogP contribution >= 0.6 is 11.6 Å². The molecule has 0 aromatic heterocycles. The van der Waals surface area contributed by atoms with E-state index in [1.165, 1.54) is 12.1 Å². The molecule has 5 nitrogen and oxygen atoms in total. The maximum atomic E-state index is 11.4. The topological polar surface area (TPSA) is 95.4 Å². The molecule has 0 heterocycles. The lowest BCUT2D eigenvalue weighted by atomic mass is 10.1. The molecule has 0 aliphatic carbocycles. The monoisotopic (exact) mass is 326 g/mol. The Morgan fingerprint density at radius 3 is 2.24 bits per heavy atom. The van der Waals surface area contributed by atoms with Gasteiger partial charge in [0.25, 0.3) is 0 Å². The molecule has 112 valence electrons. The first-order valence-electron chi connectivity index (χ1n) is 6.06. The Kier molecular flexibility index (Phi) is 4.13. The molecule has 0 unspecified atom stereocenters. The molecule has 4 N–H and O–H groups in total. The Bertz CT molecular complexity index is 781. The number of hydrogen-bond acceptors (Lipinski definition) is 4. The summed E-state index contributed by atoms with van der Waals surface area (Å²) in [5.74, 6) is 0.746. The second-order valence-corrected chi connectivity index (χ2v) is 6.59. The predicted octanol–water partition coefficient (Wildman–Crippen LogP) is 2.98. The van der Waals surface area contributed by atoms with Gasteiger partial charge in [0.05, 0.1) is 5.69 Å². The standard InChI is InChI=1S/C14H15ClN2O3S/c1-8-6-10(7-9(2)13(8)15)20-11-4-3-5-12(14(11)16)21(17,18)19/h3-7H,16H2,1-2H3,(H2,17,18,19). The summed E-state index contributed by atoms with van der Waals surface area (Å²) < 4.78 is 28.5. The third-order valence-electron chi connectivity index (χ3n) is 2.97. The molecule has 0 atom stereocenters. The van der Waals surface area contributed by atoms with Crippen molar-refractivity contribution in [3.05, 3.63) is 46.5 Å². The van der Waals surface area contributed by atoms with Crippen molar-refractivity contribution in [2.24, 2.45) is 5.14 Å². The summed E-state index contributed by atoms with van der Waals surface area (Å²) in [6, 6.07) is 7.91. The number of halogens is 1. The molecule has 0 saturated carbocycles. The Morgan fingerprint density at radius 2 is 1.71 bits per heavy atom. The van der Waals surface area contributed by atoms with Gasteiger partial charge in [-0.15, -0.1) is 0 Å². The van der Waals surface area contributed by atoms with Gasteiger partial charge in [-0.1, -0.05) is 17.7 Å². The fourth-order valence-electron chi connectivity index (χ4n) is 1.95. The zero-order valence-electron chi connectivity index (χ0n) is 11.6. The number of hydrogen-bond donors (Lipinski definition) is 2. The highest BCUT2D eigenvalue weighted by molar-refractivity contribution is 7.89. The predicted molar refractivity (Wildman–Crippen MR) is 83.2 cm³/mol. The Morgan fingerprint density at radius 1 is 1.14 bits per heavy atom. The van der Waals surface area contributed by atoms with Crippen molar-refractivity contribution in [3.8, 4) is 11.5 Å². The van der Waals surface area contributed by atoms with E-state index >= 15 is 0 Å². The third-order valence-corrected chi connectivity index (χ3v) is 4.54. The van der Waals surface area contributed by atoms with Gasteiger partial charge in [-0.25, -0.2) is 13.6 Å². The van der Waals surface area contributed by atoms with Crippen LogP contribution in [0.2, 0.25) is 5.02 Å². The molecule has 21 heavy (non-hydrogen) atoms. The van der Waals surface area contributed by atoms with Crippen LogP contribution in [0.3, 0.4) is 0 Å². The Balaban J connectivity index is 2.46. The van der Waals surface area contributed by atoms with E-state index in [4.69, 9.17) is 27.2 Å². The van der Waals surface area contributed by atoms with Gasteiger partial charge in [0.15, 0.2) is 5.75 Å². The van der Waals surface area contributed by atoms with Crippen LogP contribution in [0, 0.1) is 13.8 Å². The molecule has 7 heteroatoms. The van der Waals surface area contributed by atoms with E-state index in [1.54, 1.807) is 18.2 Å². The van der Waals surface area contributed by atoms with E-state index in [0.717, 1.165) is 11.1 Å². The smallest absolute Gasteiger partial charge is 0.240 e. The van der Waals surface area contributed by atoms with Gasteiger partial charge >= 0.3 is 0 Å². The summed E-state index contributed by atoms with van der Waals surface area (Å²) in [6.45, 7) is 3.71. The van der Waals surface area contributed by atoms with Gasteiger partial charge in [0.2, 0.25) is 10.0 Å². The van der Waals surface area contributed by atoms with Crippen molar-refractivity contribution in [2.45, 2.75) is 18.7 Å². The lowest BCUT2D eigenvalue weighted by molar-refractivity contribution is 0.482. The number of anilines is 1. The molecule has 2 aromatic carbocycles. The van der Waals surface area contributed by atoms with Gasteiger partial charge in [0, 0.05) is 5.02 Å². The first-order valence-corrected chi connectivity index (χ1v) is 7.98. The minimum Gasteiger partial charge on any atom is -0.455 e. The minimum absolute atomic E-state index is 0.0229. The average Bonchev–Trinajstić information content (AvgIpc) is 2.37. The van der Waals surface area contributed by atoms with Crippen LogP contribution in [0.15, 0.2) is 35.2 Å². The van der Waals surface area contributed by atoms with Gasteiger partial charge in [-0.2, -0.15) is 0 Å². The highest BCUT2D eigenvalue weighted by atomic mass is 35.5. The zero-order valence-corrected chi connectivity index (χ0v) is 13.1. The minimum atomic E-state index is -3.90. The number of ether oxygens (including phenoxy) is 1. The van der Waals surface area contributed by atoms with Gasteiger partial charge in [0.1, 0.15) is 10.6 Å². The van der Waals surface area contributed by atoms with E-state index in [1.807, 2.05) is 13.8 Å². The van der Waals surface area contributed by atoms with Gasteiger partial charge in [-0.05, 0) is 49.2 Å². The largest absolute Gasteiger partial charge is 0.455 e. The number of nitrogen functional groups attached to an aromatic ring is 1. The number of nitrogens with two attached hydrogens (primary N) is 2. The van der Waals surface area contributed by atoms with E-state index in [2.05, 4.69) is 0 Å². The van der Waals surface area contributed by atoms with E-state index in [-0.39, 0.29) is 16.3 Å². The van der Waals surface area contributed by atoms with Crippen molar-refractivity contribution < 1.29 is 13.2 Å². The summed E-state index contributed by atoms with van der Waals surface area (Å²) >= 11 is 6.09. The molecule has 0 saturated heterocycles. The number of rotatable bonds is 3. The van der Waals surface area contributed by atoms with E-state index in [9.17, 15) is 8.42 Å². The molecule has 0 amide bonds. The van der Waals surface area contributed by atoms with Crippen molar-refractivity contribution in [1.82, 2.24) is 0 Å². The molecule has 0 spiro atoms. The fourth-order valence-corrected chi connectivity index (χ4v) is 2.74. The van der Waals surface area contributed by atoms with E-state index in [0.29, 0.717) is 10.8 Å². The molecular weight excluding hydrogens is 312 g/mol. The SMILES string of the molecule is Cc1cc(Oc2cccc(S(N)(=O)=O)c2N)cc(C)c1Cl. The lowest BCUT2D eigenvalue weighted by Crippen LogP contribution is -2.14. The molecule has 0 fully saturated rings.